The first kappa shape index (κ1) is 19.1. The van der Waals surface area contributed by atoms with Crippen LogP contribution in [-0.2, 0) is 17.9 Å². The molecule has 0 saturated carbocycles. The minimum atomic E-state index is -0.630. The van der Waals surface area contributed by atoms with Crippen molar-refractivity contribution in [3.63, 3.8) is 0 Å². The summed E-state index contributed by atoms with van der Waals surface area (Å²) in [4.78, 5) is 39.8. The number of nitrogens with two attached hydrogens (primary N) is 1. The number of para-hydroxylation sites is 1. The van der Waals surface area contributed by atoms with Crippen LogP contribution >= 0.6 is 0 Å². The molecule has 28 heavy (non-hydrogen) atoms. The zero-order chi connectivity index (χ0) is 20.1. The van der Waals surface area contributed by atoms with E-state index in [1.54, 1.807) is 30.3 Å². The first-order chi connectivity index (χ1) is 13.4. The molecule has 0 aliphatic rings. The number of amides is 3. The molecule has 8 nitrogen and oxygen atoms in total. The Morgan fingerprint density at radius 1 is 1.14 bits per heavy atom. The summed E-state index contributed by atoms with van der Waals surface area (Å²) in [6.45, 7) is 2.51. The molecule has 144 valence electrons. The third-order valence-electron chi connectivity index (χ3n) is 4.35. The monoisotopic (exact) mass is 379 g/mol. The fourth-order valence-electron chi connectivity index (χ4n) is 2.86. The minimum absolute atomic E-state index is 0.154. The molecule has 8 heteroatoms. The fourth-order valence-corrected chi connectivity index (χ4v) is 2.86. The molecule has 0 aliphatic heterocycles. The highest BCUT2D eigenvalue weighted by Gasteiger charge is 2.08. The first-order valence-electron chi connectivity index (χ1n) is 8.81. The van der Waals surface area contributed by atoms with E-state index in [0.717, 1.165) is 11.1 Å². The third kappa shape index (κ3) is 4.53. The Balaban J connectivity index is 1.56. The number of aromatic nitrogens is 2. The molecule has 0 aliphatic carbocycles. The summed E-state index contributed by atoms with van der Waals surface area (Å²) < 4.78 is 1.45. The average Bonchev–Trinajstić information content (AvgIpc) is 2.67. The number of aryl methyl sites for hydroxylation is 2. The first-order valence-corrected chi connectivity index (χ1v) is 8.81. The smallest absolute Gasteiger partial charge is 0.316 e. The number of urea groups is 1. The number of fused-ring (bicyclic) bond motifs is 1. The molecule has 4 N–H and O–H groups in total. The van der Waals surface area contributed by atoms with Crippen LogP contribution in [-0.4, -0.2) is 21.5 Å². The van der Waals surface area contributed by atoms with Gasteiger partial charge in [-0.1, -0.05) is 24.3 Å². The Kier molecular flexibility index (Phi) is 5.69. The molecule has 3 amide bonds. The molecule has 3 aromatic rings. The van der Waals surface area contributed by atoms with Gasteiger partial charge in [-0.2, -0.15) is 0 Å². The number of nitrogens with zero attached hydrogens (tertiary/aromatic N) is 2. The minimum Gasteiger partial charge on any atom is -0.352 e. The summed E-state index contributed by atoms with van der Waals surface area (Å²) in [7, 11) is 0. The predicted octanol–water partition coefficient (Wildman–Crippen LogP) is 1.90. The van der Waals surface area contributed by atoms with Crippen molar-refractivity contribution in [2.75, 3.05) is 5.32 Å². The normalized spacial score (nSPS) is 10.6. The van der Waals surface area contributed by atoms with Gasteiger partial charge >= 0.3 is 6.03 Å². The van der Waals surface area contributed by atoms with Gasteiger partial charge < -0.3 is 16.4 Å². The van der Waals surface area contributed by atoms with Gasteiger partial charge in [0.05, 0.1) is 17.2 Å². The van der Waals surface area contributed by atoms with Crippen molar-refractivity contribution in [3.8, 4) is 0 Å². The highest BCUT2D eigenvalue weighted by Crippen LogP contribution is 2.11. The van der Waals surface area contributed by atoms with Crippen molar-refractivity contribution in [2.45, 2.75) is 26.4 Å². The molecule has 0 saturated heterocycles. The van der Waals surface area contributed by atoms with E-state index < -0.39 is 6.03 Å². The van der Waals surface area contributed by atoms with Crippen LogP contribution in [0.1, 0.15) is 17.5 Å². The van der Waals surface area contributed by atoms with Crippen molar-refractivity contribution >= 4 is 28.5 Å². The lowest BCUT2D eigenvalue weighted by Crippen LogP contribution is -2.27. The number of hydrogen-bond acceptors (Lipinski definition) is 4. The van der Waals surface area contributed by atoms with Crippen LogP contribution < -0.4 is 21.9 Å². The molecule has 2 aromatic carbocycles. The summed E-state index contributed by atoms with van der Waals surface area (Å²) in [6, 6.07) is 11.8. The number of hydrogen-bond donors (Lipinski definition) is 3. The molecule has 0 bridgehead atoms. The standard InChI is InChI=1S/C20H21N5O3/c1-13-3-2-4-16-18(13)23-12-25(19(16)27)10-9-17(26)22-11-14-5-7-15(8-6-14)24-20(21)28/h2-8,12H,9-11H2,1H3,(H,22,26)(H3,21,24,28). The second-order valence-corrected chi connectivity index (χ2v) is 6.43. The summed E-state index contributed by atoms with van der Waals surface area (Å²) >= 11 is 0. The van der Waals surface area contributed by atoms with E-state index >= 15 is 0 Å². The quantitative estimate of drug-likeness (QED) is 0.606. The molecular formula is C20H21N5O3. The number of carbonyl (C=O) groups excluding carboxylic acids is 2. The molecule has 1 aromatic heterocycles. The largest absolute Gasteiger partial charge is 0.352 e. The summed E-state index contributed by atoms with van der Waals surface area (Å²) in [5, 5.41) is 5.83. The van der Waals surface area contributed by atoms with E-state index in [4.69, 9.17) is 5.73 Å². The van der Waals surface area contributed by atoms with Gasteiger partial charge in [0.1, 0.15) is 0 Å². The molecule has 3 rings (SSSR count). The summed E-state index contributed by atoms with van der Waals surface area (Å²) in [6.07, 6.45) is 1.65. The Morgan fingerprint density at radius 2 is 1.89 bits per heavy atom. The number of anilines is 1. The van der Waals surface area contributed by atoms with Gasteiger partial charge in [-0.05, 0) is 36.2 Å². The van der Waals surface area contributed by atoms with Crippen molar-refractivity contribution in [3.05, 3.63) is 70.3 Å². The zero-order valence-electron chi connectivity index (χ0n) is 15.4. The highest BCUT2D eigenvalue weighted by molar-refractivity contribution is 5.87. The average molecular weight is 379 g/mol. The van der Waals surface area contributed by atoms with Gasteiger partial charge in [0.2, 0.25) is 5.91 Å². The van der Waals surface area contributed by atoms with Crippen LogP contribution in [0.2, 0.25) is 0 Å². The molecule has 0 atom stereocenters. The van der Waals surface area contributed by atoms with Crippen LogP contribution in [0.15, 0.2) is 53.6 Å². The number of primary amides is 1. The maximum atomic E-state index is 12.5. The number of carbonyl (C=O) groups is 2. The van der Waals surface area contributed by atoms with Crippen molar-refractivity contribution in [1.29, 1.82) is 0 Å². The lowest BCUT2D eigenvalue weighted by atomic mass is 10.1. The molecule has 0 radical (unpaired) electrons. The van der Waals surface area contributed by atoms with Crippen LogP contribution in [0, 0.1) is 6.92 Å². The van der Waals surface area contributed by atoms with Crippen LogP contribution in [0.4, 0.5) is 10.5 Å². The Hall–Kier alpha value is -3.68. The molecule has 0 unspecified atom stereocenters. The van der Waals surface area contributed by atoms with Gasteiger partial charge in [0.15, 0.2) is 0 Å². The van der Waals surface area contributed by atoms with E-state index in [2.05, 4.69) is 15.6 Å². The van der Waals surface area contributed by atoms with Crippen LogP contribution in [0.5, 0.6) is 0 Å². The maximum absolute atomic E-state index is 12.5. The van der Waals surface area contributed by atoms with Gasteiger partial charge in [-0.25, -0.2) is 9.78 Å². The Labute approximate surface area is 161 Å². The summed E-state index contributed by atoms with van der Waals surface area (Å²) in [5.41, 5.74) is 7.99. The van der Waals surface area contributed by atoms with E-state index in [1.165, 1.54) is 10.9 Å². The van der Waals surface area contributed by atoms with Crippen LogP contribution in [0.25, 0.3) is 10.9 Å². The SMILES string of the molecule is Cc1cccc2c(=O)n(CCC(=O)NCc3ccc(NC(N)=O)cc3)cnc12. The second kappa shape index (κ2) is 8.34. The lowest BCUT2D eigenvalue weighted by Gasteiger charge is -2.09. The lowest BCUT2D eigenvalue weighted by molar-refractivity contribution is -0.121. The van der Waals surface area contributed by atoms with Crippen molar-refractivity contribution in [2.24, 2.45) is 5.73 Å². The third-order valence-corrected chi connectivity index (χ3v) is 4.35. The predicted molar refractivity (Wildman–Crippen MR) is 107 cm³/mol. The topological polar surface area (TPSA) is 119 Å². The second-order valence-electron chi connectivity index (χ2n) is 6.43. The Bertz CT molecular complexity index is 1070. The van der Waals surface area contributed by atoms with Gasteiger partial charge in [0, 0.05) is 25.2 Å². The molecule has 0 fully saturated rings. The summed E-state index contributed by atoms with van der Waals surface area (Å²) in [5.74, 6) is -0.171. The fraction of sp³-hybridized carbons (Fsp3) is 0.200. The highest BCUT2D eigenvalue weighted by atomic mass is 16.2. The molecule has 0 spiro atoms. The van der Waals surface area contributed by atoms with Crippen LogP contribution in [0.3, 0.4) is 0 Å². The van der Waals surface area contributed by atoms with Gasteiger partial charge in [-0.15, -0.1) is 0 Å². The van der Waals surface area contributed by atoms with Crippen molar-refractivity contribution in [1.82, 2.24) is 14.9 Å². The van der Waals surface area contributed by atoms with Crippen molar-refractivity contribution < 1.29 is 9.59 Å². The van der Waals surface area contributed by atoms with Gasteiger partial charge in [-0.3, -0.25) is 14.2 Å². The maximum Gasteiger partial charge on any atom is 0.316 e. The number of rotatable bonds is 6. The number of nitrogens with one attached hydrogen (secondary N) is 2. The van der Waals surface area contributed by atoms with E-state index in [1.807, 2.05) is 19.1 Å². The zero-order valence-corrected chi connectivity index (χ0v) is 15.4. The van der Waals surface area contributed by atoms with E-state index in [-0.39, 0.29) is 24.4 Å². The number of benzene rings is 2. The van der Waals surface area contributed by atoms with Gasteiger partial charge in [0.25, 0.3) is 5.56 Å². The molecular weight excluding hydrogens is 358 g/mol. The van der Waals surface area contributed by atoms with E-state index in [9.17, 15) is 14.4 Å². The Morgan fingerprint density at radius 3 is 2.61 bits per heavy atom. The molecule has 1 heterocycles. The van der Waals surface area contributed by atoms with E-state index in [0.29, 0.717) is 23.1 Å².